The molecule has 1 aliphatic heterocycles. The molecular formula is C26H30N2. The van der Waals surface area contributed by atoms with E-state index >= 15 is 0 Å². The van der Waals surface area contributed by atoms with Crippen molar-refractivity contribution in [2.24, 2.45) is 4.99 Å². The number of aryl methyl sites for hydroxylation is 1. The molecule has 0 bridgehead atoms. The summed E-state index contributed by atoms with van der Waals surface area (Å²) < 4.78 is 0. The summed E-state index contributed by atoms with van der Waals surface area (Å²) in [5, 5.41) is 2.55. The summed E-state index contributed by atoms with van der Waals surface area (Å²) in [7, 11) is 0. The monoisotopic (exact) mass is 370 g/mol. The van der Waals surface area contributed by atoms with Crippen molar-refractivity contribution in [3.05, 3.63) is 83.4 Å². The van der Waals surface area contributed by atoms with E-state index in [-0.39, 0.29) is 0 Å². The fourth-order valence-corrected chi connectivity index (χ4v) is 4.14. The Hall–Kier alpha value is -2.45. The van der Waals surface area contributed by atoms with Crippen molar-refractivity contribution < 1.29 is 0 Å². The maximum absolute atomic E-state index is 5.12. The van der Waals surface area contributed by atoms with Crippen molar-refractivity contribution in [1.29, 1.82) is 0 Å². The molecule has 0 N–H and O–H groups in total. The number of fused-ring (bicyclic) bond motifs is 1. The van der Waals surface area contributed by atoms with Crippen LogP contribution in [-0.2, 0) is 0 Å². The van der Waals surface area contributed by atoms with Gasteiger partial charge in [0.1, 0.15) is 0 Å². The van der Waals surface area contributed by atoms with Gasteiger partial charge in [0, 0.05) is 17.7 Å². The highest BCUT2D eigenvalue weighted by molar-refractivity contribution is 6.19. The zero-order valence-electron chi connectivity index (χ0n) is 16.9. The molecule has 0 unspecified atom stereocenters. The summed E-state index contributed by atoms with van der Waals surface area (Å²) in [6, 6.07) is 23.9. The van der Waals surface area contributed by atoms with Gasteiger partial charge in [0.2, 0.25) is 0 Å². The van der Waals surface area contributed by atoms with Crippen LogP contribution in [0.25, 0.3) is 10.8 Å². The molecule has 144 valence electrons. The van der Waals surface area contributed by atoms with Crippen molar-refractivity contribution in [3.63, 3.8) is 0 Å². The first kappa shape index (κ1) is 18.9. The second-order valence-corrected chi connectivity index (χ2v) is 7.88. The van der Waals surface area contributed by atoms with E-state index in [1.165, 1.54) is 66.4 Å². The number of nitrogens with zero attached hydrogens (tertiary/aromatic N) is 2. The maximum Gasteiger partial charge on any atom is 0.0725 e. The van der Waals surface area contributed by atoms with Crippen molar-refractivity contribution in [2.75, 3.05) is 26.2 Å². The van der Waals surface area contributed by atoms with E-state index in [0.717, 1.165) is 18.7 Å². The molecule has 0 spiro atoms. The molecule has 1 aliphatic rings. The molecule has 1 saturated heterocycles. The third-order valence-electron chi connectivity index (χ3n) is 5.72. The lowest BCUT2D eigenvalue weighted by molar-refractivity contribution is 0.228. The molecule has 0 atom stereocenters. The molecule has 3 aromatic carbocycles. The molecule has 0 radical (unpaired) electrons. The predicted molar refractivity (Wildman–Crippen MR) is 121 cm³/mol. The quantitative estimate of drug-likeness (QED) is 0.392. The van der Waals surface area contributed by atoms with Gasteiger partial charge in [-0.15, -0.1) is 0 Å². The van der Waals surface area contributed by atoms with Gasteiger partial charge in [-0.3, -0.25) is 4.99 Å². The number of likely N-dealkylation sites (tertiary alicyclic amines) is 1. The number of rotatable bonds is 6. The summed E-state index contributed by atoms with van der Waals surface area (Å²) in [4.78, 5) is 7.72. The van der Waals surface area contributed by atoms with Gasteiger partial charge in [-0.05, 0) is 56.6 Å². The largest absolute Gasteiger partial charge is 0.303 e. The van der Waals surface area contributed by atoms with E-state index in [0.29, 0.717) is 0 Å². The van der Waals surface area contributed by atoms with E-state index in [9.17, 15) is 0 Å². The molecule has 0 aromatic heterocycles. The summed E-state index contributed by atoms with van der Waals surface area (Å²) in [5.74, 6) is 0. The van der Waals surface area contributed by atoms with E-state index in [4.69, 9.17) is 4.99 Å². The van der Waals surface area contributed by atoms with Crippen LogP contribution in [0.1, 0.15) is 42.4 Å². The molecule has 0 amide bonds. The fraction of sp³-hybridized carbons (Fsp3) is 0.346. The standard InChI is InChI=1S/C26H30N2/c1-21-13-15-23(16-14-21)26(27-17-8-20-28-18-5-2-6-19-28)25-12-7-10-22-9-3-4-11-24(22)25/h3-4,7,9-16H,2,5-6,8,17-20H2,1H3/b27-26-. The normalized spacial score (nSPS) is 15.8. The van der Waals surface area contributed by atoms with Crippen LogP contribution in [-0.4, -0.2) is 36.8 Å². The average molecular weight is 371 g/mol. The van der Waals surface area contributed by atoms with E-state index in [2.05, 4.69) is 78.6 Å². The number of aliphatic imine (C=N–C) groups is 1. The summed E-state index contributed by atoms with van der Waals surface area (Å²) in [6.45, 7) is 6.70. The van der Waals surface area contributed by atoms with Gasteiger partial charge in [0.05, 0.1) is 5.71 Å². The Morgan fingerprint density at radius 1 is 0.857 bits per heavy atom. The van der Waals surface area contributed by atoms with Gasteiger partial charge in [-0.1, -0.05) is 78.7 Å². The van der Waals surface area contributed by atoms with E-state index in [1.54, 1.807) is 0 Å². The predicted octanol–water partition coefficient (Wildman–Crippen LogP) is 5.86. The minimum absolute atomic E-state index is 0.878. The van der Waals surface area contributed by atoms with Gasteiger partial charge < -0.3 is 4.90 Å². The molecule has 28 heavy (non-hydrogen) atoms. The Kier molecular flexibility index (Phi) is 6.18. The molecule has 2 heteroatoms. The smallest absolute Gasteiger partial charge is 0.0725 e. The minimum atomic E-state index is 0.878. The number of hydrogen-bond donors (Lipinski definition) is 0. The molecule has 2 nitrogen and oxygen atoms in total. The first-order chi connectivity index (χ1) is 13.8. The van der Waals surface area contributed by atoms with Crippen LogP contribution in [0.15, 0.2) is 71.7 Å². The van der Waals surface area contributed by atoms with Gasteiger partial charge in [-0.25, -0.2) is 0 Å². The topological polar surface area (TPSA) is 15.6 Å². The average Bonchev–Trinajstić information content (AvgIpc) is 2.75. The molecule has 4 rings (SSSR count). The summed E-state index contributed by atoms with van der Waals surface area (Å²) >= 11 is 0. The molecule has 3 aromatic rings. The Balaban J connectivity index is 1.61. The van der Waals surface area contributed by atoms with Crippen LogP contribution in [0.4, 0.5) is 0 Å². The second-order valence-electron chi connectivity index (χ2n) is 7.88. The zero-order valence-corrected chi connectivity index (χ0v) is 16.9. The molecular weight excluding hydrogens is 340 g/mol. The van der Waals surface area contributed by atoms with Crippen LogP contribution < -0.4 is 0 Å². The zero-order chi connectivity index (χ0) is 19.2. The lowest BCUT2D eigenvalue weighted by atomic mass is 9.96. The molecule has 1 fully saturated rings. The highest BCUT2D eigenvalue weighted by Crippen LogP contribution is 2.22. The first-order valence-electron chi connectivity index (χ1n) is 10.6. The van der Waals surface area contributed by atoms with Crippen molar-refractivity contribution >= 4 is 16.5 Å². The first-order valence-corrected chi connectivity index (χ1v) is 10.6. The number of piperidine rings is 1. The van der Waals surface area contributed by atoms with Crippen molar-refractivity contribution in [2.45, 2.75) is 32.6 Å². The van der Waals surface area contributed by atoms with Crippen LogP contribution >= 0.6 is 0 Å². The van der Waals surface area contributed by atoms with E-state index in [1.807, 2.05) is 0 Å². The van der Waals surface area contributed by atoms with Crippen LogP contribution in [0.2, 0.25) is 0 Å². The lowest BCUT2D eigenvalue weighted by Gasteiger charge is -2.26. The fourth-order valence-electron chi connectivity index (χ4n) is 4.14. The van der Waals surface area contributed by atoms with Crippen LogP contribution in [0, 0.1) is 6.92 Å². The van der Waals surface area contributed by atoms with Crippen LogP contribution in [0.5, 0.6) is 0 Å². The number of benzene rings is 3. The lowest BCUT2D eigenvalue weighted by Crippen LogP contribution is -2.30. The molecule has 0 saturated carbocycles. The summed E-state index contributed by atoms with van der Waals surface area (Å²) in [5.41, 5.74) is 4.85. The maximum atomic E-state index is 5.12. The summed E-state index contributed by atoms with van der Waals surface area (Å²) in [6.07, 6.45) is 5.23. The highest BCUT2D eigenvalue weighted by Gasteiger charge is 2.12. The Bertz CT molecular complexity index is 929. The third-order valence-corrected chi connectivity index (χ3v) is 5.72. The Morgan fingerprint density at radius 2 is 1.61 bits per heavy atom. The van der Waals surface area contributed by atoms with Gasteiger partial charge in [-0.2, -0.15) is 0 Å². The second kappa shape index (κ2) is 9.16. The third kappa shape index (κ3) is 4.51. The molecule has 0 aliphatic carbocycles. The highest BCUT2D eigenvalue weighted by atomic mass is 15.1. The van der Waals surface area contributed by atoms with Gasteiger partial charge in [0.15, 0.2) is 0 Å². The van der Waals surface area contributed by atoms with Crippen molar-refractivity contribution in [1.82, 2.24) is 4.90 Å². The Labute approximate surface area is 168 Å². The molecule has 1 heterocycles. The van der Waals surface area contributed by atoms with Crippen LogP contribution in [0.3, 0.4) is 0 Å². The number of hydrogen-bond acceptors (Lipinski definition) is 2. The Morgan fingerprint density at radius 3 is 2.43 bits per heavy atom. The van der Waals surface area contributed by atoms with E-state index < -0.39 is 0 Å². The van der Waals surface area contributed by atoms with Gasteiger partial charge in [0.25, 0.3) is 0 Å². The van der Waals surface area contributed by atoms with Crippen molar-refractivity contribution in [3.8, 4) is 0 Å². The minimum Gasteiger partial charge on any atom is -0.303 e. The van der Waals surface area contributed by atoms with Gasteiger partial charge >= 0.3 is 0 Å². The SMILES string of the molecule is Cc1ccc(/C(=N/CCCN2CCCCC2)c2cccc3ccccc23)cc1.